The van der Waals surface area contributed by atoms with E-state index in [1.165, 1.54) is 5.56 Å². The van der Waals surface area contributed by atoms with Crippen LogP contribution in [0.1, 0.15) is 37.1 Å². The summed E-state index contributed by atoms with van der Waals surface area (Å²) < 4.78 is 6.62. The summed E-state index contributed by atoms with van der Waals surface area (Å²) in [6.45, 7) is 1.99. The van der Waals surface area contributed by atoms with Crippen molar-refractivity contribution >= 4 is 32.7 Å². The summed E-state index contributed by atoms with van der Waals surface area (Å²) in [4.78, 5) is 32.1. The summed E-state index contributed by atoms with van der Waals surface area (Å²) >= 11 is 3.56. The molecular formula is C24H26BrN3O3. The third-order valence-electron chi connectivity index (χ3n) is 5.99. The Kier molecular flexibility index (Phi) is 6.83. The molecule has 3 aromatic rings. The Hall–Kier alpha value is -2.51. The molecule has 7 heteroatoms. The van der Waals surface area contributed by atoms with Gasteiger partial charge in [0.2, 0.25) is 5.91 Å². The van der Waals surface area contributed by atoms with Crippen LogP contribution in [0, 0.1) is 0 Å². The van der Waals surface area contributed by atoms with Crippen molar-refractivity contribution in [2.75, 3.05) is 19.8 Å². The number of aryl methyl sites for hydroxylation is 1. The maximum Gasteiger partial charge on any atom is 0.258 e. The average molecular weight is 484 g/mol. The van der Waals surface area contributed by atoms with Gasteiger partial charge in [-0.15, -0.1) is 0 Å². The first-order valence-electron chi connectivity index (χ1n) is 10.6. The predicted octanol–water partition coefficient (Wildman–Crippen LogP) is 3.87. The number of nitrogens with one attached hydrogen (secondary N) is 2. The van der Waals surface area contributed by atoms with Gasteiger partial charge < -0.3 is 15.0 Å². The number of amides is 1. The molecular weight excluding hydrogens is 458 g/mol. The van der Waals surface area contributed by atoms with Crippen LogP contribution in [0.3, 0.4) is 0 Å². The second kappa shape index (κ2) is 9.75. The largest absolute Gasteiger partial charge is 0.381 e. The van der Waals surface area contributed by atoms with Crippen LogP contribution in [0.4, 0.5) is 0 Å². The maximum absolute atomic E-state index is 12.6. The Morgan fingerprint density at radius 3 is 2.77 bits per heavy atom. The van der Waals surface area contributed by atoms with Gasteiger partial charge in [0.25, 0.3) is 5.56 Å². The van der Waals surface area contributed by atoms with Gasteiger partial charge >= 0.3 is 0 Å². The smallest absolute Gasteiger partial charge is 0.258 e. The minimum atomic E-state index is -0.138. The van der Waals surface area contributed by atoms with E-state index < -0.39 is 0 Å². The lowest BCUT2D eigenvalue weighted by molar-refractivity contribution is -0.121. The zero-order chi connectivity index (χ0) is 21.7. The SMILES string of the molecule is O=C(CCCc1nc2ccccc2c(=O)[nH]1)NCC1(c2cccc(Br)c2)CCOCC1. The fourth-order valence-electron chi connectivity index (χ4n) is 4.17. The third kappa shape index (κ3) is 5.22. The van der Waals surface area contributed by atoms with E-state index in [1.807, 2.05) is 30.3 Å². The Morgan fingerprint density at radius 2 is 1.97 bits per heavy atom. The number of rotatable bonds is 7. The Morgan fingerprint density at radius 1 is 1.16 bits per heavy atom. The summed E-state index contributed by atoms with van der Waals surface area (Å²) in [6, 6.07) is 15.6. The van der Waals surface area contributed by atoms with E-state index in [-0.39, 0.29) is 16.9 Å². The highest BCUT2D eigenvalue weighted by Gasteiger charge is 2.34. The first-order chi connectivity index (χ1) is 15.1. The predicted molar refractivity (Wildman–Crippen MR) is 124 cm³/mol. The fourth-order valence-corrected chi connectivity index (χ4v) is 4.57. The molecule has 1 fully saturated rings. The summed E-state index contributed by atoms with van der Waals surface area (Å²) in [6.07, 6.45) is 3.33. The van der Waals surface area contributed by atoms with Crippen molar-refractivity contribution < 1.29 is 9.53 Å². The first kappa shape index (κ1) is 21.7. The van der Waals surface area contributed by atoms with E-state index in [0.717, 1.165) is 17.3 Å². The van der Waals surface area contributed by atoms with Gasteiger partial charge in [0.05, 0.1) is 10.9 Å². The van der Waals surface area contributed by atoms with Crippen LogP contribution in [0.15, 0.2) is 57.8 Å². The first-order valence-corrected chi connectivity index (χ1v) is 11.4. The standard InChI is InChI=1S/C24H26BrN3O3/c25-18-6-3-5-17(15-18)24(11-13-31-14-12-24)16-26-22(29)10-4-9-21-27-20-8-2-1-7-19(20)23(30)28-21/h1-3,5-8,15H,4,9-14,16H2,(H,26,29)(H,27,28,30). The number of benzene rings is 2. The van der Waals surface area contributed by atoms with E-state index in [4.69, 9.17) is 4.74 Å². The molecule has 0 unspecified atom stereocenters. The molecule has 1 aliphatic heterocycles. The quantitative estimate of drug-likeness (QED) is 0.534. The molecule has 31 heavy (non-hydrogen) atoms. The Labute approximate surface area is 189 Å². The number of H-pyrrole nitrogens is 1. The molecule has 0 bridgehead atoms. The number of hydrogen-bond donors (Lipinski definition) is 2. The van der Waals surface area contributed by atoms with Gasteiger partial charge in [0.15, 0.2) is 0 Å². The Balaban J connectivity index is 1.34. The molecule has 0 atom stereocenters. The number of carbonyl (C=O) groups excluding carboxylic acids is 1. The lowest BCUT2D eigenvalue weighted by Gasteiger charge is -2.38. The molecule has 0 spiro atoms. The number of nitrogens with zero attached hydrogens (tertiary/aromatic N) is 1. The molecule has 0 aliphatic carbocycles. The van der Waals surface area contributed by atoms with Crippen LogP contribution in [0.25, 0.3) is 10.9 Å². The van der Waals surface area contributed by atoms with Gasteiger partial charge in [-0.2, -0.15) is 0 Å². The molecule has 1 amide bonds. The lowest BCUT2D eigenvalue weighted by Crippen LogP contribution is -2.44. The highest BCUT2D eigenvalue weighted by molar-refractivity contribution is 9.10. The highest BCUT2D eigenvalue weighted by atomic mass is 79.9. The van der Waals surface area contributed by atoms with Gasteiger partial charge in [-0.25, -0.2) is 4.98 Å². The van der Waals surface area contributed by atoms with E-state index in [9.17, 15) is 9.59 Å². The van der Waals surface area contributed by atoms with E-state index in [0.29, 0.717) is 55.7 Å². The molecule has 6 nitrogen and oxygen atoms in total. The van der Waals surface area contributed by atoms with Crippen molar-refractivity contribution in [2.45, 2.75) is 37.5 Å². The minimum Gasteiger partial charge on any atom is -0.381 e. The van der Waals surface area contributed by atoms with Crippen molar-refractivity contribution in [1.82, 2.24) is 15.3 Å². The summed E-state index contributed by atoms with van der Waals surface area (Å²) in [5.41, 5.74) is 1.66. The molecule has 2 N–H and O–H groups in total. The molecule has 0 saturated carbocycles. The van der Waals surface area contributed by atoms with Crippen molar-refractivity contribution in [3.8, 4) is 0 Å². The molecule has 4 rings (SSSR count). The Bertz CT molecular complexity index is 1120. The molecule has 1 aliphatic rings. The monoisotopic (exact) mass is 483 g/mol. The third-order valence-corrected chi connectivity index (χ3v) is 6.48. The van der Waals surface area contributed by atoms with Crippen LogP contribution in [0.5, 0.6) is 0 Å². The molecule has 2 heterocycles. The topological polar surface area (TPSA) is 84.1 Å². The van der Waals surface area contributed by atoms with E-state index in [1.54, 1.807) is 6.07 Å². The summed E-state index contributed by atoms with van der Waals surface area (Å²) in [7, 11) is 0. The number of aromatic amines is 1. The highest BCUT2D eigenvalue weighted by Crippen LogP contribution is 2.35. The molecule has 0 radical (unpaired) electrons. The van der Waals surface area contributed by atoms with E-state index in [2.05, 4.69) is 43.3 Å². The summed E-state index contributed by atoms with van der Waals surface area (Å²) in [5.74, 6) is 0.635. The summed E-state index contributed by atoms with van der Waals surface area (Å²) in [5, 5.41) is 3.72. The normalized spacial score (nSPS) is 15.6. The van der Waals surface area contributed by atoms with Gasteiger partial charge in [-0.3, -0.25) is 9.59 Å². The number of para-hydroxylation sites is 1. The van der Waals surface area contributed by atoms with E-state index >= 15 is 0 Å². The average Bonchev–Trinajstić information content (AvgIpc) is 2.78. The van der Waals surface area contributed by atoms with Crippen molar-refractivity contribution in [3.63, 3.8) is 0 Å². The number of ether oxygens (including phenoxy) is 1. The number of hydrogen-bond acceptors (Lipinski definition) is 4. The van der Waals surface area contributed by atoms with Gasteiger partial charge in [-0.1, -0.05) is 40.2 Å². The number of carbonyl (C=O) groups is 1. The number of aromatic nitrogens is 2. The van der Waals surface area contributed by atoms with Crippen LogP contribution < -0.4 is 10.9 Å². The molecule has 1 aromatic heterocycles. The van der Waals surface area contributed by atoms with Gasteiger partial charge in [-0.05, 0) is 49.1 Å². The van der Waals surface area contributed by atoms with Crippen LogP contribution in [-0.4, -0.2) is 35.6 Å². The van der Waals surface area contributed by atoms with Crippen molar-refractivity contribution in [2.24, 2.45) is 0 Å². The van der Waals surface area contributed by atoms with Crippen molar-refractivity contribution in [3.05, 3.63) is 74.7 Å². The van der Waals surface area contributed by atoms with Crippen molar-refractivity contribution in [1.29, 1.82) is 0 Å². The van der Waals surface area contributed by atoms with Crippen LogP contribution >= 0.6 is 15.9 Å². The van der Waals surface area contributed by atoms with Gasteiger partial charge in [0, 0.05) is 42.5 Å². The number of fused-ring (bicyclic) bond motifs is 1. The van der Waals surface area contributed by atoms with Crippen LogP contribution in [-0.2, 0) is 21.4 Å². The maximum atomic E-state index is 12.6. The minimum absolute atomic E-state index is 0.0176. The zero-order valence-electron chi connectivity index (χ0n) is 17.3. The van der Waals surface area contributed by atoms with Gasteiger partial charge in [0.1, 0.15) is 5.82 Å². The fraction of sp³-hybridized carbons (Fsp3) is 0.375. The molecule has 162 valence electrons. The molecule has 2 aromatic carbocycles. The lowest BCUT2D eigenvalue weighted by atomic mass is 9.74. The second-order valence-corrected chi connectivity index (χ2v) is 8.98. The number of halogens is 1. The molecule has 1 saturated heterocycles. The zero-order valence-corrected chi connectivity index (χ0v) is 18.9. The van der Waals surface area contributed by atoms with Crippen LogP contribution in [0.2, 0.25) is 0 Å². The second-order valence-electron chi connectivity index (χ2n) is 8.06.